The molecule has 0 saturated heterocycles. The Labute approximate surface area is 170 Å². The van der Waals surface area contributed by atoms with Crippen molar-refractivity contribution in [2.75, 3.05) is 11.9 Å². The van der Waals surface area contributed by atoms with E-state index in [-0.39, 0.29) is 22.6 Å². The zero-order valence-corrected chi connectivity index (χ0v) is 16.7. The second kappa shape index (κ2) is 6.02. The molecule has 1 heterocycles. The fourth-order valence-electron chi connectivity index (χ4n) is 4.58. The first-order valence-electron chi connectivity index (χ1n) is 9.77. The van der Waals surface area contributed by atoms with Crippen molar-refractivity contribution >= 4 is 29.0 Å². The molecule has 3 heteroatoms. The van der Waals surface area contributed by atoms with Crippen molar-refractivity contribution in [1.29, 1.82) is 0 Å². The highest BCUT2D eigenvalue weighted by atomic mass is 16.2. The monoisotopic (exact) mass is 379 g/mol. The van der Waals surface area contributed by atoms with Crippen LogP contribution in [0.2, 0.25) is 0 Å². The maximum Gasteiger partial charge on any atom is 0.197 e. The number of para-hydroxylation sites is 1. The van der Waals surface area contributed by atoms with Crippen LogP contribution in [-0.2, 0) is 5.41 Å². The second-order valence-corrected chi connectivity index (χ2v) is 8.24. The Balaban J connectivity index is 1.63. The lowest BCUT2D eigenvalue weighted by Gasteiger charge is -2.40. The number of carbonyl (C=O) groups is 2. The molecule has 0 fully saturated rings. The van der Waals surface area contributed by atoms with E-state index in [1.807, 2.05) is 6.07 Å². The fraction of sp³-hybridized carbons (Fsp3) is 0.154. The highest BCUT2D eigenvalue weighted by Crippen LogP contribution is 2.48. The number of rotatable bonds is 1. The maximum absolute atomic E-state index is 12.7. The van der Waals surface area contributed by atoms with Crippen LogP contribution in [0.1, 0.15) is 51.3 Å². The molecule has 3 aromatic rings. The lowest BCUT2D eigenvalue weighted by molar-refractivity contribution is 0.0990. The minimum atomic E-state index is -0.190. The van der Waals surface area contributed by atoms with Crippen molar-refractivity contribution in [3.63, 3.8) is 0 Å². The first-order valence-corrected chi connectivity index (χ1v) is 9.77. The first kappa shape index (κ1) is 17.6. The molecule has 0 atom stereocenters. The normalized spacial score (nSPS) is 16.4. The van der Waals surface area contributed by atoms with Crippen molar-refractivity contribution in [1.82, 2.24) is 0 Å². The van der Waals surface area contributed by atoms with Crippen molar-refractivity contribution in [2.45, 2.75) is 19.3 Å². The third-order valence-corrected chi connectivity index (χ3v) is 6.21. The molecule has 1 aliphatic heterocycles. The number of fused-ring (bicyclic) bond motifs is 3. The molecule has 0 unspecified atom stereocenters. The number of nitrogens with zero attached hydrogens (tertiary/aromatic N) is 1. The molecule has 0 aromatic heterocycles. The largest absolute Gasteiger partial charge is 0.344 e. The number of allylic oxidation sites excluding steroid dienone is 1. The van der Waals surface area contributed by atoms with Gasteiger partial charge in [0.15, 0.2) is 11.6 Å². The van der Waals surface area contributed by atoms with E-state index in [0.29, 0.717) is 11.1 Å². The molecule has 1 aliphatic carbocycles. The summed E-state index contributed by atoms with van der Waals surface area (Å²) < 4.78 is 0. The van der Waals surface area contributed by atoms with Gasteiger partial charge >= 0.3 is 0 Å². The number of benzene rings is 3. The van der Waals surface area contributed by atoms with Crippen LogP contribution in [0.5, 0.6) is 0 Å². The van der Waals surface area contributed by atoms with E-state index < -0.39 is 0 Å². The molecule has 0 N–H and O–H groups in total. The quantitative estimate of drug-likeness (QED) is 0.410. The smallest absolute Gasteiger partial charge is 0.197 e. The molecule has 0 spiro atoms. The van der Waals surface area contributed by atoms with Gasteiger partial charge in [-0.2, -0.15) is 0 Å². The van der Waals surface area contributed by atoms with Gasteiger partial charge in [-0.1, -0.05) is 62.4 Å². The predicted octanol–water partition coefficient (Wildman–Crippen LogP) is 5.56. The van der Waals surface area contributed by atoms with Crippen LogP contribution in [0.25, 0.3) is 6.08 Å². The first-order chi connectivity index (χ1) is 13.9. The summed E-state index contributed by atoms with van der Waals surface area (Å²) in [6.07, 6.45) is 1.74. The topological polar surface area (TPSA) is 37.4 Å². The Bertz CT molecular complexity index is 1200. The summed E-state index contributed by atoms with van der Waals surface area (Å²) in [6.45, 7) is 4.44. The van der Waals surface area contributed by atoms with Gasteiger partial charge in [0.2, 0.25) is 0 Å². The Morgan fingerprint density at radius 1 is 0.759 bits per heavy atom. The SMILES string of the molecule is CN1c2ccccc2C(C)(C)c2cc(C=C3C(=O)c4ccccc4C3=O)ccc21. The van der Waals surface area contributed by atoms with Gasteiger partial charge in [0.1, 0.15) is 0 Å². The van der Waals surface area contributed by atoms with Gasteiger partial charge in [-0.05, 0) is 41.0 Å². The second-order valence-electron chi connectivity index (χ2n) is 8.24. The molecule has 29 heavy (non-hydrogen) atoms. The number of hydrogen-bond acceptors (Lipinski definition) is 3. The molecule has 0 amide bonds. The summed E-state index contributed by atoms with van der Waals surface area (Å²) in [5.41, 5.74) is 6.72. The highest BCUT2D eigenvalue weighted by Gasteiger charge is 2.36. The molecule has 5 rings (SSSR count). The standard InChI is InChI=1S/C26H21NO2/c1-26(2)20-10-6-7-11-22(20)27(3)23-13-12-16(15-21(23)26)14-19-24(28)17-8-4-5-9-18(17)25(19)29/h4-15H,1-3H3. The minimum absolute atomic E-state index is 0.181. The van der Waals surface area contributed by atoms with Gasteiger partial charge in [-0.15, -0.1) is 0 Å². The Morgan fingerprint density at radius 2 is 1.34 bits per heavy atom. The van der Waals surface area contributed by atoms with E-state index in [4.69, 9.17) is 0 Å². The number of anilines is 2. The molecule has 0 bridgehead atoms. The third-order valence-electron chi connectivity index (χ3n) is 6.21. The summed E-state index contributed by atoms with van der Waals surface area (Å²) >= 11 is 0. The van der Waals surface area contributed by atoms with Crippen LogP contribution in [0.3, 0.4) is 0 Å². The van der Waals surface area contributed by atoms with E-state index in [1.165, 1.54) is 16.8 Å². The molecule has 0 saturated carbocycles. The van der Waals surface area contributed by atoms with E-state index in [2.05, 4.69) is 62.2 Å². The molecule has 3 nitrogen and oxygen atoms in total. The molecule has 3 aromatic carbocycles. The lowest BCUT2D eigenvalue weighted by atomic mass is 9.73. The van der Waals surface area contributed by atoms with E-state index in [9.17, 15) is 9.59 Å². The van der Waals surface area contributed by atoms with Crippen LogP contribution in [-0.4, -0.2) is 18.6 Å². The van der Waals surface area contributed by atoms with E-state index in [0.717, 1.165) is 11.3 Å². The number of Topliss-reactive ketones (excluding diaryl/α,β-unsaturated/α-hetero) is 2. The summed E-state index contributed by atoms with van der Waals surface area (Å²) in [5.74, 6) is -0.380. The highest BCUT2D eigenvalue weighted by molar-refractivity contribution is 6.41. The van der Waals surface area contributed by atoms with Crippen molar-refractivity contribution in [2.24, 2.45) is 0 Å². The molecule has 2 aliphatic rings. The molecular weight excluding hydrogens is 358 g/mol. The Kier molecular flexibility index (Phi) is 3.66. The Hall–Kier alpha value is -3.46. The molecule has 142 valence electrons. The molecule has 0 radical (unpaired) electrons. The number of carbonyl (C=O) groups excluding carboxylic acids is 2. The minimum Gasteiger partial charge on any atom is -0.344 e. The zero-order chi connectivity index (χ0) is 20.3. The zero-order valence-electron chi connectivity index (χ0n) is 16.7. The van der Waals surface area contributed by atoms with Crippen molar-refractivity contribution in [3.05, 3.63) is 100 Å². The van der Waals surface area contributed by atoms with E-state index >= 15 is 0 Å². The molecular formula is C26H21NO2. The summed E-state index contributed by atoms with van der Waals surface area (Å²) in [6, 6.07) is 21.6. The van der Waals surface area contributed by atoms with Gasteiger partial charge in [0.05, 0.1) is 5.57 Å². The van der Waals surface area contributed by atoms with Crippen molar-refractivity contribution < 1.29 is 9.59 Å². The van der Waals surface area contributed by atoms with Crippen LogP contribution in [0.15, 0.2) is 72.3 Å². The van der Waals surface area contributed by atoms with Crippen LogP contribution < -0.4 is 4.90 Å². The van der Waals surface area contributed by atoms with Crippen LogP contribution in [0, 0.1) is 0 Å². The fourth-order valence-corrected chi connectivity index (χ4v) is 4.58. The lowest BCUT2D eigenvalue weighted by Crippen LogP contribution is -2.30. The summed E-state index contributed by atoms with van der Waals surface area (Å²) in [7, 11) is 2.08. The average molecular weight is 379 g/mol. The Morgan fingerprint density at radius 3 is 2.03 bits per heavy atom. The summed E-state index contributed by atoms with van der Waals surface area (Å²) in [4.78, 5) is 27.7. The van der Waals surface area contributed by atoms with Crippen molar-refractivity contribution in [3.8, 4) is 0 Å². The average Bonchev–Trinajstić information content (AvgIpc) is 2.97. The number of hydrogen-bond donors (Lipinski definition) is 0. The van der Waals surface area contributed by atoms with Gasteiger partial charge in [0, 0.05) is 35.0 Å². The number of ketones is 2. The predicted molar refractivity (Wildman–Crippen MR) is 116 cm³/mol. The third kappa shape index (κ3) is 2.44. The van der Waals surface area contributed by atoms with Gasteiger partial charge in [0.25, 0.3) is 0 Å². The maximum atomic E-state index is 12.7. The van der Waals surface area contributed by atoms with Gasteiger partial charge in [-0.3, -0.25) is 9.59 Å². The van der Waals surface area contributed by atoms with Gasteiger partial charge < -0.3 is 4.90 Å². The summed E-state index contributed by atoms with van der Waals surface area (Å²) in [5, 5.41) is 0. The van der Waals surface area contributed by atoms with Gasteiger partial charge in [-0.25, -0.2) is 0 Å². The van der Waals surface area contributed by atoms with Crippen LogP contribution >= 0.6 is 0 Å². The van der Waals surface area contributed by atoms with Crippen LogP contribution in [0.4, 0.5) is 11.4 Å². The van der Waals surface area contributed by atoms with E-state index in [1.54, 1.807) is 30.3 Å².